The molecule has 1 rings (SSSR count). The summed E-state index contributed by atoms with van der Waals surface area (Å²) in [6, 6.07) is 7.18. The number of benzene rings is 1. The van der Waals surface area contributed by atoms with Crippen molar-refractivity contribution in [1.82, 2.24) is 0 Å². The number of carboxylic acids is 1. The van der Waals surface area contributed by atoms with Gasteiger partial charge in [0.05, 0.1) is 12.3 Å². The molecule has 18 heavy (non-hydrogen) atoms. The molecular formula is C13H17NO4. The van der Waals surface area contributed by atoms with Gasteiger partial charge in [-0.15, -0.1) is 0 Å². The van der Waals surface area contributed by atoms with E-state index in [0.29, 0.717) is 5.56 Å². The Hall–Kier alpha value is -1.91. The second kappa shape index (κ2) is 5.16. The lowest BCUT2D eigenvalue weighted by molar-refractivity contribution is -0.565. The molecule has 0 radical (unpaired) electrons. The highest BCUT2D eigenvalue weighted by Crippen LogP contribution is 2.33. The van der Waals surface area contributed by atoms with Crippen molar-refractivity contribution in [3.05, 3.63) is 45.5 Å². The maximum Gasteiger partial charge on any atom is 0.304 e. The van der Waals surface area contributed by atoms with Gasteiger partial charge in [0.2, 0.25) is 5.54 Å². The number of hydrogen-bond donors (Lipinski definition) is 1. The van der Waals surface area contributed by atoms with E-state index in [-0.39, 0.29) is 6.42 Å². The van der Waals surface area contributed by atoms with Gasteiger partial charge in [-0.3, -0.25) is 14.9 Å². The van der Waals surface area contributed by atoms with Crippen LogP contribution in [0.1, 0.15) is 37.3 Å². The highest BCUT2D eigenvalue weighted by atomic mass is 16.6. The number of hydrogen-bond acceptors (Lipinski definition) is 3. The van der Waals surface area contributed by atoms with Crippen molar-refractivity contribution in [1.29, 1.82) is 0 Å². The molecule has 0 amide bonds. The van der Waals surface area contributed by atoms with Crippen LogP contribution in [0.5, 0.6) is 0 Å². The molecule has 1 unspecified atom stereocenters. The average molecular weight is 251 g/mol. The van der Waals surface area contributed by atoms with Crippen molar-refractivity contribution < 1.29 is 14.8 Å². The Morgan fingerprint density at radius 1 is 1.39 bits per heavy atom. The lowest BCUT2D eigenvalue weighted by Gasteiger charge is -2.26. The fraction of sp³-hybridized carbons (Fsp3) is 0.462. The summed E-state index contributed by atoms with van der Waals surface area (Å²) in [6.07, 6.45) is -0.253. The van der Waals surface area contributed by atoms with Gasteiger partial charge in [-0.1, -0.05) is 29.8 Å². The Kier molecular flexibility index (Phi) is 4.06. The molecule has 0 aliphatic carbocycles. The lowest BCUT2D eigenvalue weighted by atomic mass is 9.80. The van der Waals surface area contributed by atoms with Gasteiger partial charge in [-0.2, -0.15) is 0 Å². The van der Waals surface area contributed by atoms with Crippen LogP contribution in [-0.2, 0) is 4.79 Å². The third-order valence-electron chi connectivity index (χ3n) is 3.18. The Balaban J connectivity index is 3.17. The Bertz CT molecular complexity index is 451. The first-order chi connectivity index (χ1) is 8.25. The molecule has 0 bridgehead atoms. The van der Waals surface area contributed by atoms with Crippen LogP contribution in [0.15, 0.2) is 24.3 Å². The SMILES string of the molecule is Cc1ccc(C(CC(=O)O)C(C)(C)[N+](=O)[O-])cc1. The van der Waals surface area contributed by atoms with E-state index in [4.69, 9.17) is 5.11 Å². The molecule has 0 aliphatic heterocycles. The first kappa shape index (κ1) is 14.2. The van der Waals surface area contributed by atoms with Crippen LogP contribution in [0.4, 0.5) is 0 Å². The Morgan fingerprint density at radius 3 is 2.28 bits per heavy atom. The number of aryl methyl sites for hydroxylation is 1. The predicted molar refractivity (Wildman–Crippen MR) is 67.2 cm³/mol. The van der Waals surface area contributed by atoms with Crippen molar-refractivity contribution >= 4 is 5.97 Å². The molecule has 1 N–H and O–H groups in total. The number of nitro groups is 1. The van der Waals surface area contributed by atoms with Crippen LogP contribution in [0, 0.1) is 17.0 Å². The summed E-state index contributed by atoms with van der Waals surface area (Å²) >= 11 is 0. The maximum atomic E-state index is 11.1. The molecule has 1 atom stereocenters. The highest BCUT2D eigenvalue weighted by molar-refractivity contribution is 5.68. The normalized spacial score (nSPS) is 13.1. The molecule has 0 aliphatic rings. The molecule has 0 saturated heterocycles. The first-order valence-corrected chi connectivity index (χ1v) is 5.68. The van der Waals surface area contributed by atoms with Crippen molar-refractivity contribution in [3.63, 3.8) is 0 Å². The summed E-state index contributed by atoms with van der Waals surface area (Å²) in [5.74, 6) is -1.68. The molecule has 98 valence electrons. The Morgan fingerprint density at radius 2 is 1.89 bits per heavy atom. The zero-order valence-electron chi connectivity index (χ0n) is 10.7. The first-order valence-electron chi connectivity index (χ1n) is 5.68. The van der Waals surface area contributed by atoms with Gasteiger partial charge in [0, 0.05) is 18.8 Å². The van der Waals surface area contributed by atoms with E-state index in [1.807, 2.05) is 19.1 Å². The molecule has 5 heteroatoms. The summed E-state index contributed by atoms with van der Waals surface area (Å²) in [6.45, 7) is 4.83. The molecule has 0 heterocycles. The average Bonchev–Trinajstić information content (AvgIpc) is 2.26. The quantitative estimate of drug-likeness (QED) is 0.644. The van der Waals surface area contributed by atoms with Crippen molar-refractivity contribution in [2.24, 2.45) is 0 Å². The second-order valence-corrected chi connectivity index (χ2v) is 4.97. The molecule has 1 aromatic carbocycles. The number of nitrogens with zero attached hydrogens (tertiary/aromatic N) is 1. The van der Waals surface area contributed by atoms with E-state index >= 15 is 0 Å². The maximum absolute atomic E-state index is 11.1. The molecule has 0 fully saturated rings. The van der Waals surface area contributed by atoms with Gasteiger partial charge in [0.15, 0.2) is 0 Å². The smallest absolute Gasteiger partial charge is 0.304 e. The van der Waals surface area contributed by atoms with Crippen LogP contribution in [0.25, 0.3) is 0 Å². The van der Waals surface area contributed by atoms with Crippen molar-refractivity contribution in [3.8, 4) is 0 Å². The van der Waals surface area contributed by atoms with Crippen molar-refractivity contribution in [2.45, 2.75) is 38.6 Å². The molecule has 1 aromatic rings. The lowest BCUT2D eigenvalue weighted by Crippen LogP contribution is -2.39. The van der Waals surface area contributed by atoms with Gasteiger partial charge in [-0.25, -0.2) is 0 Å². The topological polar surface area (TPSA) is 80.4 Å². The van der Waals surface area contributed by atoms with Crippen LogP contribution in [0.3, 0.4) is 0 Å². The van der Waals surface area contributed by atoms with Gasteiger partial charge >= 0.3 is 5.97 Å². The van der Waals surface area contributed by atoms with E-state index in [1.54, 1.807) is 12.1 Å². The minimum atomic E-state index is -1.31. The Labute approximate surface area is 106 Å². The summed E-state index contributed by atoms with van der Waals surface area (Å²) < 4.78 is 0. The highest BCUT2D eigenvalue weighted by Gasteiger charge is 2.42. The van der Waals surface area contributed by atoms with E-state index in [2.05, 4.69) is 0 Å². The molecular weight excluding hydrogens is 234 g/mol. The third kappa shape index (κ3) is 3.06. The fourth-order valence-electron chi connectivity index (χ4n) is 1.88. The molecule has 0 aromatic heterocycles. The van der Waals surface area contributed by atoms with Gasteiger partial charge in [-0.05, 0) is 12.5 Å². The van der Waals surface area contributed by atoms with E-state index < -0.39 is 22.3 Å². The minimum absolute atomic E-state index is 0.253. The van der Waals surface area contributed by atoms with Crippen LogP contribution in [-0.4, -0.2) is 21.5 Å². The van der Waals surface area contributed by atoms with Gasteiger partial charge < -0.3 is 5.11 Å². The van der Waals surface area contributed by atoms with Gasteiger partial charge in [0.25, 0.3) is 0 Å². The number of carbonyl (C=O) groups is 1. The fourth-order valence-corrected chi connectivity index (χ4v) is 1.88. The summed E-state index contributed by atoms with van der Waals surface area (Å²) in [5, 5.41) is 20.0. The van der Waals surface area contributed by atoms with Crippen LogP contribution < -0.4 is 0 Å². The van der Waals surface area contributed by atoms with E-state index in [1.165, 1.54) is 13.8 Å². The number of aliphatic carboxylic acids is 1. The molecule has 5 nitrogen and oxygen atoms in total. The largest absolute Gasteiger partial charge is 0.481 e. The van der Waals surface area contributed by atoms with Crippen LogP contribution >= 0.6 is 0 Å². The third-order valence-corrected chi connectivity index (χ3v) is 3.18. The standard InChI is InChI=1S/C13H17NO4/c1-9-4-6-10(7-5-9)11(8-12(15)16)13(2,3)14(17)18/h4-7,11H,8H2,1-3H3,(H,15,16). The van der Waals surface area contributed by atoms with Crippen molar-refractivity contribution in [2.75, 3.05) is 0 Å². The second-order valence-electron chi connectivity index (χ2n) is 4.97. The monoisotopic (exact) mass is 251 g/mol. The molecule has 0 spiro atoms. The predicted octanol–water partition coefficient (Wildman–Crippen LogP) is 2.61. The summed E-state index contributed by atoms with van der Waals surface area (Å²) in [7, 11) is 0. The zero-order valence-corrected chi connectivity index (χ0v) is 10.7. The van der Waals surface area contributed by atoms with Gasteiger partial charge in [0.1, 0.15) is 0 Å². The van der Waals surface area contributed by atoms with Crippen LogP contribution in [0.2, 0.25) is 0 Å². The number of carboxylic acid groups (broad SMARTS) is 1. The summed E-state index contributed by atoms with van der Waals surface area (Å²) in [4.78, 5) is 21.6. The molecule has 0 saturated carbocycles. The summed E-state index contributed by atoms with van der Waals surface area (Å²) in [5.41, 5.74) is 0.407. The van der Waals surface area contributed by atoms with E-state index in [0.717, 1.165) is 5.56 Å². The minimum Gasteiger partial charge on any atom is -0.481 e. The van der Waals surface area contributed by atoms with E-state index in [9.17, 15) is 14.9 Å². The zero-order chi connectivity index (χ0) is 13.9. The number of rotatable bonds is 5.